The van der Waals surface area contributed by atoms with E-state index in [0.29, 0.717) is 0 Å². The molecule has 0 aliphatic heterocycles. The van der Waals surface area contributed by atoms with Crippen molar-refractivity contribution in [2.24, 2.45) is 5.73 Å². The van der Waals surface area contributed by atoms with Gasteiger partial charge < -0.3 is 0 Å². The van der Waals surface area contributed by atoms with E-state index in [2.05, 4.69) is 0 Å². The molecule has 1 amide bonds. The third-order valence-corrected chi connectivity index (χ3v) is 2.87. The number of nitrogens with two attached hydrogens (primary N) is 1. The van der Waals surface area contributed by atoms with Crippen LogP contribution in [0.1, 0.15) is 6.92 Å². The summed E-state index contributed by atoms with van der Waals surface area (Å²) in [5, 5.41) is 0. The van der Waals surface area contributed by atoms with Crippen molar-refractivity contribution in [1.29, 1.82) is 0 Å². The normalized spacial score (nSPS) is 7.50. The molecular weight excluding hydrogens is 245 g/mol. The van der Waals surface area contributed by atoms with Crippen molar-refractivity contribution in [2.45, 2.75) is 11.1 Å². The van der Waals surface area contributed by atoms with Gasteiger partial charge in [0.1, 0.15) is 0 Å². The Morgan fingerprint density at radius 2 is 2.50 bits per heavy atom. The summed E-state index contributed by atoms with van der Waals surface area (Å²) in [5.41, 5.74) is 4.85. The molecule has 0 spiro atoms. The molecule has 0 aliphatic rings. The van der Waals surface area contributed by atoms with Crippen molar-refractivity contribution < 1.29 is 27.7 Å². The number of amides is 1. The predicted molar refractivity (Wildman–Crippen MR) is 20.1 cm³/mol. The zero-order valence-electron chi connectivity index (χ0n) is 3.69. The SMILES string of the molecule is C[CH2][Hf][C](N)=O. The second kappa shape index (κ2) is 3.53. The first-order chi connectivity index (χ1) is 2.77. The van der Waals surface area contributed by atoms with E-state index in [4.69, 9.17) is 5.73 Å². The van der Waals surface area contributed by atoms with Crippen molar-refractivity contribution in [3.63, 3.8) is 0 Å². The van der Waals surface area contributed by atoms with Gasteiger partial charge in [-0.15, -0.1) is 0 Å². The molecule has 0 heterocycles. The molecule has 0 fully saturated rings. The predicted octanol–water partition coefficient (Wildman–Crippen LogP) is 0.586. The van der Waals surface area contributed by atoms with Gasteiger partial charge >= 0.3 is 48.2 Å². The standard InChI is InChI=1S/C2H5.CH2NO.Hf/c1-2;2-1-3;/h1H2,2H3;(H2,2,3);. The average molecular weight is 252 g/mol. The number of carbonyl (C=O) groups is 1. The summed E-state index contributed by atoms with van der Waals surface area (Å²) < 4.78 is 1.03. The quantitative estimate of drug-likeness (QED) is 0.717. The van der Waals surface area contributed by atoms with Crippen molar-refractivity contribution in [3.05, 3.63) is 0 Å². The number of rotatable bonds is 2. The van der Waals surface area contributed by atoms with Gasteiger partial charge in [0, 0.05) is 0 Å². The molecule has 0 unspecified atom stereocenters. The number of primary amides is 1. The van der Waals surface area contributed by atoms with Gasteiger partial charge in [-0.25, -0.2) is 0 Å². The minimum absolute atomic E-state index is 0.0162. The fourth-order valence-corrected chi connectivity index (χ4v) is 1.43. The Hall–Kier alpha value is 0.340. The molecule has 6 heavy (non-hydrogen) atoms. The Morgan fingerprint density at radius 1 is 2.00 bits per heavy atom. The van der Waals surface area contributed by atoms with Crippen LogP contribution in [-0.4, -0.2) is 3.66 Å². The Kier molecular flexibility index (Phi) is 3.73. The second-order valence-electron chi connectivity index (χ2n) is 0.895. The number of hydrogen-bond acceptors (Lipinski definition) is 1. The van der Waals surface area contributed by atoms with Crippen LogP contribution in [0.5, 0.6) is 0 Å². The van der Waals surface area contributed by atoms with E-state index in [1.165, 1.54) is 0 Å². The van der Waals surface area contributed by atoms with Crippen LogP contribution >= 0.6 is 0 Å². The van der Waals surface area contributed by atoms with Gasteiger partial charge in [0.15, 0.2) is 0 Å². The fourth-order valence-electron chi connectivity index (χ4n) is 0.174. The molecule has 2 nitrogen and oxygen atoms in total. The number of hydrogen-bond donors (Lipinski definition) is 1. The van der Waals surface area contributed by atoms with E-state index in [1.807, 2.05) is 6.92 Å². The molecule has 0 aromatic carbocycles. The van der Waals surface area contributed by atoms with Crippen LogP contribution in [0.15, 0.2) is 0 Å². The van der Waals surface area contributed by atoms with Crippen molar-refractivity contribution >= 4 is 3.66 Å². The van der Waals surface area contributed by atoms with Gasteiger partial charge in [-0.2, -0.15) is 0 Å². The van der Waals surface area contributed by atoms with Crippen LogP contribution in [0.3, 0.4) is 0 Å². The molecule has 0 saturated carbocycles. The fraction of sp³-hybridized carbons (Fsp3) is 0.667. The van der Waals surface area contributed by atoms with Crippen LogP contribution in [0.4, 0.5) is 4.79 Å². The monoisotopic (exact) mass is 253 g/mol. The topological polar surface area (TPSA) is 43.1 Å². The van der Waals surface area contributed by atoms with Gasteiger partial charge in [0.05, 0.1) is 0 Å². The van der Waals surface area contributed by atoms with Crippen LogP contribution in [-0.2, 0) is 22.9 Å². The third-order valence-electron chi connectivity index (χ3n) is 0.351. The summed E-state index contributed by atoms with van der Waals surface area (Å²) in [7, 11) is 0. The zero-order chi connectivity index (χ0) is 4.99. The van der Waals surface area contributed by atoms with Crippen molar-refractivity contribution in [3.8, 4) is 0 Å². The molecular formula is C3H7HfNO. The van der Waals surface area contributed by atoms with E-state index in [1.54, 1.807) is 0 Å². The van der Waals surface area contributed by atoms with Crippen LogP contribution in [0.2, 0.25) is 4.18 Å². The minimum atomic E-state index is -0.912. The maximum atomic E-state index is 9.91. The molecule has 0 aromatic rings. The summed E-state index contributed by atoms with van der Waals surface area (Å²) >= 11 is -0.912. The summed E-state index contributed by atoms with van der Waals surface area (Å²) in [6.07, 6.45) is 0. The van der Waals surface area contributed by atoms with Gasteiger partial charge in [0.25, 0.3) is 0 Å². The Balaban J connectivity index is 2.83. The third kappa shape index (κ3) is 4.34. The molecule has 34 valence electrons. The van der Waals surface area contributed by atoms with E-state index >= 15 is 0 Å². The summed E-state index contributed by atoms with van der Waals surface area (Å²) in [4.78, 5) is 9.91. The Morgan fingerprint density at radius 3 is 2.50 bits per heavy atom. The Labute approximate surface area is 48.5 Å². The molecule has 0 atom stereocenters. The van der Waals surface area contributed by atoms with Crippen LogP contribution < -0.4 is 5.73 Å². The molecule has 0 bridgehead atoms. The van der Waals surface area contributed by atoms with Crippen molar-refractivity contribution in [2.75, 3.05) is 0 Å². The first kappa shape index (κ1) is 6.34. The van der Waals surface area contributed by atoms with E-state index in [0.717, 1.165) is 4.18 Å². The van der Waals surface area contributed by atoms with Crippen molar-refractivity contribution in [1.82, 2.24) is 0 Å². The van der Waals surface area contributed by atoms with Gasteiger partial charge in [-0.3, -0.25) is 0 Å². The van der Waals surface area contributed by atoms with E-state index in [9.17, 15) is 4.79 Å². The van der Waals surface area contributed by atoms with Gasteiger partial charge in [-0.1, -0.05) is 0 Å². The molecule has 0 aromatic heterocycles. The number of carbonyl (C=O) groups excluding carboxylic acids is 1. The molecule has 0 saturated heterocycles. The zero-order valence-corrected chi connectivity index (χ0v) is 7.29. The summed E-state index contributed by atoms with van der Waals surface area (Å²) in [6.45, 7) is 2.01. The molecule has 0 radical (unpaired) electrons. The van der Waals surface area contributed by atoms with Gasteiger partial charge in [-0.05, 0) is 0 Å². The first-order valence-corrected chi connectivity index (χ1v) is 6.14. The molecule has 2 N–H and O–H groups in total. The average Bonchev–Trinajstić information content (AvgIpc) is 1.35. The molecule has 0 aliphatic carbocycles. The maximum absolute atomic E-state index is 9.91. The first-order valence-electron chi connectivity index (χ1n) is 1.80. The Bertz CT molecular complexity index is 54.8. The molecule has 0 rings (SSSR count). The van der Waals surface area contributed by atoms with E-state index in [-0.39, 0.29) is 3.66 Å². The second-order valence-corrected chi connectivity index (χ2v) is 6.48. The van der Waals surface area contributed by atoms with Crippen LogP contribution in [0.25, 0.3) is 0 Å². The van der Waals surface area contributed by atoms with E-state index < -0.39 is 22.9 Å². The summed E-state index contributed by atoms with van der Waals surface area (Å²) in [6, 6.07) is 0. The van der Waals surface area contributed by atoms with Crippen LogP contribution in [0, 0.1) is 0 Å². The molecule has 3 heteroatoms. The van der Waals surface area contributed by atoms with Gasteiger partial charge in [0.2, 0.25) is 0 Å². The summed E-state index contributed by atoms with van der Waals surface area (Å²) in [5.74, 6) is 0.